The topological polar surface area (TPSA) is 113 Å². The van der Waals surface area contributed by atoms with Gasteiger partial charge in [-0.25, -0.2) is 4.39 Å². The number of aryl methyl sites for hydroxylation is 1. The van der Waals surface area contributed by atoms with Crippen LogP contribution in [-0.2, 0) is 4.79 Å². The van der Waals surface area contributed by atoms with Gasteiger partial charge in [0.25, 0.3) is 5.69 Å². The number of carbonyl (C=O) groups is 1. The van der Waals surface area contributed by atoms with Gasteiger partial charge >= 0.3 is 0 Å². The summed E-state index contributed by atoms with van der Waals surface area (Å²) in [5, 5.41) is 13.5. The SMILES string of the molecule is Cc1cc(NC(=O)[C@H](C)COc2ccc(F)cc2)ccc1[N+](=O)[O-].O. The molecule has 1 amide bonds. The van der Waals surface area contributed by atoms with Gasteiger partial charge in [-0.15, -0.1) is 0 Å². The van der Waals surface area contributed by atoms with Gasteiger partial charge in [0.1, 0.15) is 11.6 Å². The van der Waals surface area contributed by atoms with Gasteiger partial charge in [-0.2, -0.15) is 0 Å². The Morgan fingerprint density at radius 2 is 1.92 bits per heavy atom. The van der Waals surface area contributed by atoms with E-state index in [9.17, 15) is 19.3 Å². The lowest BCUT2D eigenvalue weighted by Gasteiger charge is -2.14. The summed E-state index contributed by atoms with van der Waals surface area (Å²) in [4.78, 5) is 22.4. The monoisotopic (exact) mass is 350 g/mol. The third kappa shape index (κ3) is 5.54. The molecule has 0 unspecified atom stereocenters. The van der Waals surface area contributed by atoms with E-state index < -0.39 is 10.8 Å². The largest absolute Gasteiger partial charge is 0.493 e. The van der Waals surface area contributed by atoms with Crippen molar-refractivity contribution in [3.8, 4) is 5.75 Å². The first-order chi connectivity index (χ1) is 11.4. The summed E-state index contributed by atoms with van der Waals surface area (Å²) < 4.78 is 18.2. The van der Waals surface area contributed by atoms with Gasteiger partial charge in [-0.3, -0.25) is 14.9 Å². The predicted molar refractivity (Wildman–Crippen MR) is 91.1 cm³/mol. The number of nitro benzene ring substituents is 1. The van der Waals surface area contributed by atoms with Gasteiger partial charge in [0, 0.05) is 17.3 Å². The molecule has 0 heterocycles. The molecular weight excluding hydrogens is 331 g/mol. The zero-order valence-electron chi connectivity index (χ0n) is 13.8. The molecule has 0 saturated carbocycles. The van der Waals surface area contributed by atoms with Crippen LogP contribution in [0.4, 0.5) is 15.8 Å². The summed E-state index contributed by atoms with van der Waals surface area (Å²) >= 11 is 0. The number of hydrogen-bond acceptors (Lipinski definition) is 4. The molecule has 2 aromatic rings. The average molecular weight is 350 g/mol. The van der Waals surface area contributed by atoms with Crippen molar-refractivity contribution in [3.05, 3.63) is 64.0 Å². The fourth-order valence-electron chi connectivity index (χ4n) is 2.03. The summed E-state index contributed by atoms with van der Waals surface area (Å²) in [6, 6.07) is 9.91. The van der Waals surface area contributed by atoms with E-state index in [1.54, 1.807) is 19.9 Å². The lowest BCUT2D eigenvalue weighted by atomic mass is 10.1. The highest BCUT2D eigenvalue weighted by molar-refractivity contribution is 5.92. The minimum atomic E-state index is -0.472. The number of hydrogen-bond donors (Lipinski definition) is 1. The molecule has 0 bridgehead atoms. The smallest absolute Gasteiger partial charge is 0.272 e. The molecule has 0 saturated heterocycles. The maximum atomic E-state index is 12.8. The summed E-state index contributed by atoms with van der Waals surface area (Å²) in [5.74, 6) is -0.611. The van der Waals surface area contributed by atoms with Crippen LogP contribution in [0.2, 0.25) is 0 Å². The molecule has 0 fully saturated rings. The van der Waals surface area contributed by atoms with Gasteiger partial charge < -0.3 is 15.5 Å². The van der Waals surface area contributed by atoms with Crippen LogP contribution in [-0.4, -0.2) is 22.9 Å². The molecule has 134 valence electrons. The Morgan fingerprint density at radius 3 is 2.48 bits per heavy atom. The van der Waals surface area contributed by atoms with Gasteiger partial charge in [0.15, 0.2) is 0 Å². The summed E-state index contributed by atoms with van der Waals surface area (Å²) in [6.45, 7) is 3.43. The number of ether oxygens (including phenoxy) is 1. The Hall–Kier alpha value is -3.00. The van der Waals surface area contributed by atoms with E-state index in [1.165, 1.54) is 36.4 Å². The summed E-state index contributed by atoms with van der Waals surface area (Å²) in [7, 11) is 0. The molecule has 0 spiro atoms. The van der Waals surface area contributed by atoms with Crippen LogP contribution in [0.3, 0.4) is 0 Å². The van der Waals surface area contributed by atoms with Crippen LogP contribution in [0.25, 0.3) is 0 Å². The second kappa shape index (κ2) is 8.74. The van der Waals surface area contributed by atoms with Gasteiger partial charge in [-0.1, -0.05) is 6.92 Å². The highest BCUT2D eigenvalue weighted by Crippen LogP contribution is 2.22. The van der Waals surface area contributed by atoms with Gasteiger partial charge in [-0.05, 0) is 43.3 Å². The highest BCUT2D eigenvalue weighted by Gasteiger charge is 2.16. The molecule has 0 aliphatic carbocycles. The Morgan fingerprint density at radius 1 is 1.28 bits per heavy atom. The van der Waals surface area contributed by atoms with E-state index in [-0.39, 0.29) is 29.5 Å². The Kier molecular flexibility index (Phi) is 7.01. The second-order valence-electron chi connectivity index (χ2n) is 5.41. The van der Waals surface area contributed by atoms with Crippen molar-refractivity contribution in [3.63, 3.8) is 0 Å². The Balaban J connectivity index is 0.00000312. The third-order valence-electron chi connectivity index (χ3n) is 3.42. The molecule has 8 heteroatoms. The predicted octanol–water partition coefficient (Wildman–Crippen LogP) is 2.87. The van der Waals surface area contributed by atoms with E-state index in [2.05, 4.69) is 5.32 Å². The van der Waals surface area contributed by atoms with E-state index in [1.807, 2.05) is 0 Å². The number of carbonyl (C=O) groups excluding carboxylic acids is 1. The maximum Gasteiger partial charge on any atom is 0.272 e. The molecule has 2 rings (SSSR count). The number of amides is 1. The number of halogens is 1. The molecule has 0 aromatic heterocycles. The number of nitro groups is 1. The lowest BCUT2D eigenvalue weighted by molar-refractivity contribution is -0.385. The Labute approximate surface area is 143 Å². The number of benzene rings is 2. The fourth-order valence-corrected chi connectivity index (χ4v) is 2.03. The van der Waals surface area contributed by atoms with Crippen molar-refractivity contribution in [2.24, 2.45) is 5.92 Å². The second-order valence-corrected chi connectivity index (χ2v) is 5.41. The number of rotatable bonds is 6. The quantitative estimate of drug-likeness (QED) is 0.637. The van der Waals surface area contributed by atoms with Crippen LogP contribution in [0.1, 0.15) is 12.5 Å². The van der Waals surface area contributed by atoms with Crippen LogP contribution in [0.5, 0.6) is 5.75 Å². The normalized spacial score (nSPS) is 11.2. The van der Waals surface area contributed by atoms with Crippen molar-refractivity contribution in [1.82, 2.24) is 0 Å². The van der Waals surface area contributed by atoms with Gasteiger partial charge in [0.05, 0.1) is 17.4 Å². The van der Waals surface area contributed by atoms with E-state index in [0.717, 1.165) is 0 Å². The molecular formula is C17H19FN2O5. The average Bonchev–Trinajstić information content (AvgIpc) is 2.53. The zero-order valence-corrected chi connectivity index (χ0v) is 13.8. The molecule has 2 aromatic carbocycles. The zero-order chi connectivity index (χ0) is 17.7. The first-order valence-corrected chi connectivity index (χ1v) is 7.31. The van der Waals surface area contributed by atoms with Crippen LogP contribution < -0.4 is 10.1 Å². The molecule has 3 N–H and O–H groups in total. The number of nitrogens with one attached hydrogen (secondary N) is 1. The molecule has 0 radical (unpaired) electrons. The van der Waals surface area contributed by atoms with Crippen molar-refractivity contribution >= 4 is 17.3 Å². The molecule has 25 heavy (non-hydrogen) atoms. The fraction of sp³-hybridized carbons (Fsp3) is 0.235. The molecule has 0 aliphatic rings. The molecule has 0 aliphatic heterocycles. The third-order valence-corrected chi connectivity index (χ3v) is 3.42. The van der Waals surface area contributed by atoms with Crippen molar-refractivity contribution in [1.29, 1.82) is 0 Å². The van der Waals surface area contributed by atoms with Crippen LogP contribution in [0, 0.1) is 28.8 Å². The summed E-state index contributed by atoms with van der Waals surface area (Å²) in [6.07, 6.45) is 0. The van der Waals surface area contributed by atoms with Crippen molar-refractivity contribution in [2.75, 3.05) is 11.9 Å². The van der Waals surface area contributed by atoms with E-state index in [0.29, 0.717) is 17.0 Å². The van der Waals surface area contributed by atoms with E-state index in [4.69, 9.17) is 4.74 Å². The van der Waals surface area contributed by atoms with Gasteiger partial charge in [0.2, 0.25) is 5.91 Å². The first-order valence-electron chi connectivity index (χ1n) is 7.31. The number of nitrogens with zero attached hydrogens (tertiary/aromatic N) is 1. The molecule has 1 atom stereocenters. The van der Waals surface area contributed by atoms with Crippen LogP contribution >= 0.6 is 0 Å². The summed E-state index contributed by atoms with van der Waals surface area (Å²) in [5.41, 5.74) is 0.949. The molecule has 7 nitrogen and oxygen atoms in total. The lowest BCUT2D eigenvalue weighted by Crippen LogP contribution is -2.25. The minimum absolute atomic E-state index is 0. The van der Waals surface area contributed by atoms with Crippen molar-refractivity contribution < 1.29 is 24.3 Å². The first kappa shape index (κ1) is 20.0. The van der Waals surface area contributed by atoms with Crippen LogP contribution in [0.15, 0.2) is 42.5 Å². The van der Waals surface area contributed by atoms with E-state index >= 15 is 0 Å². The van der Waals surface area contributed by atoms with Crippen molar-refractivity contribution in [2.45, 2.75) is 13.8 Å². The highest BCUT2D eigenvalue weighted by atomic mass is 19.1. The Bertz CT molecular complexity index is 749. The number of anilines is 1. The standard InChI is InChI=1S/C17H17FN2O4.H2O/c1-11-9-14(5-8-16(11)20(22)23)19-17(21)12(2)10-24-15-6-3-13(18)4-7-15;/h3-9,12H,10H2,1-2H3,(H,19,21);1H2/t12-;/m1./s1. The minimum Gasteiger partial charge on any atom is -0.493 e. The maximum absolute atomic E-state index is 12.8.